The lowest BCUT2D eigenvalue weighted by Gasteiger charge is -2.28. The smallest absolute Gasteiger partial charge is 0.306 e. The van der Waals surface area contributed by atoms with Gasteiger partial charge in [0.15, 0.2) is 6.10 Å². The Morgan fingerprint density at radius 3 is 0.816 bits per heavy atom. The van der Waals surface area contributed by atoms with Gasteiger partial charge in [-0.15, -0.1) is 0 Å². The fraction of sp³-hybridized carbons (Fsp3) is 0.568. The fourth-order valence-electron chi connectivity index (χ4n) is 9.70. The normalized spacial score (nSPS) is 14.3. The average molecular weight is 1370 g/mol. The topological polar surface area (TPSA) is 111 Å². The van der Waals surface area contributed by atoms with Crippen molar-refractivity contribution in [1.82, 2.24) is 0 Å². The molecule has 0 heterocycles. The maximum absolute atomic E-state index is 12.9. The Hall–Kier alpha value is -5.67. The Balaban J connectivity index is 4.14. The summed E-state index contributed by atoms with van der Waals surface area (Å²) in [5.74, 6) is -0.865. The summed E-state index contributed by atoms with van der Waals surface area (Å²) in [6.45, 7) is 3.97. The molecule has 0 aliphatic rings. The molecule has 98 heavy (non-hydrogen) atoms. The van der Waals surface area contributed by atoms with Gasteiger partial charge in [-0.2, -0.15) is 0 Å². The summed E-state index contributed by atoms with van der Waals surface area (Å²) in [6.07, 6.45) is 120. The van der Waals surface area contributed by atoms with Gasteiger partial charge >= 0.3 is 11.9 Å². The van der Waals surface area contributed by atoms with Gasteiger partial charge < -0.3 is 27.9 Å². The van der Waals surface area contributed by atoms with Crippen molar-refractivity contribution >= 4 is 19.8 Å². The minimum absolute atomic E-state index is 0.0455. The van der Waals surface area contributed by atoms with Crippen LogP contribution in [-0.4, -0.2) is 70.0 Å². The molecule has 0 saturated carbocycles. The molecule has 0 spiro atoms. The van der Waals surface area contributed by atoms with Crippen LogP contribution in [-0.2, 0) is 32.7 Å². The lowest BCUT2D eigenvalue weighted by atomic mass is 10.0. The largest absolute Gasteiger partial charge is 0.756 e. The Bertz CT molecular complexity index is 2460. The number of hydrogen-bond acceptors (Lipinski definition) is 8. The van der Waals surface area contributed by atoms with Gasteiger partial charge in [0.25, 0.3) is 7.82 Å². The molecule has 2 atom stereocenters. The number of hydrogen-bond donors (Lipinski definition) is 0. The Labute approximate surface area is 601 Å². The lowest BCUT2D eigenvalue weighted by molar-refractivity contribution is -0.870. The number of nitrogens with zero attached hydrogens (tertiary/aromatic N) is 1. The molecule has 0 aliphatic carbocycles. The van der Waals surface area contributed by atoms with Gasteiger partial charge in [-0.25, -0.2) is 0 Å². The molecule has 0 N–H and O–H groups in total. The molecule has 0 amide bonds. The summed E-state index contributed by atoms with van der Waals surface area (Å²) >= 11 is 0. The first kappa shape index (κ1) is 92.3. The lowest BCUT2D eigenvalue weighted by Crippen LogP contribution is -2.37. The molecule has 0 saturated heterocycles. The molecule has 0 fully saturated rings. The molecule has 9 nitrogen and oxygen atoms in total. The second-order valence-corrected chi connectivity index (χ2v) is 27.3. The van der Waals surface area contributed by atoms with E-state index in [9.17, 15) is 19.0 Å². The predicted octanol–water partition coefficient (Wildman–Crippen LogP) is 25.3. The van der Waals surface area contributed by atoms with E-state index in [4.69, 9.17) is 18.5 Å². The number of rotatable bonds is 68. The zero-order valence-corrected chi connectivity index (χ0v) is 63.5. The van der Waals surface area contributed by atoms with Crippen LogP contribution in [0.2, 0.25) is 0 Å². The highest BCUT2D eigenvalue weighted by Crippen LogP contribution is 2.38. The first-order chi connectivity index (χ1) is 48.0. The van der Waals surface area contributed by atoms with E-state index in [0.717, 1.165) is 180 Å². The van der Waals surface area contributed by atoms with Crippen LogP contribution in [0.5, 0.6) is 0 Å². The van der Waals surface area contributed by atoms with Crippen molar-refractivity contribution in [3.8, 4) is 0 Å². The summed E-state index contributed by atoms with van der Waals surface area (Å²) in [5, 5.41) is 0. The number of likely N-dealkylation sites (N-methyl/N-ethyl adjacent to an activating group) is 1. The maximum atomic E-state index is 12.9. The van der Waals surface area contributed by atoms with Gasteiger partial charge in [0.1, 0.15) is 19.8 Å². The third-order valence-corrected chi connectivity index (χ3v) is 16.5. The van der Waals surface area contributed by atoms with Crippen LogP contribution in [0.25, 0.3) is 0 Å². The first-order valence-electron chi connectivity index (χ1n) is 38.4. The number of unbranched alkanes of at least 4 members (excludes halogenated alkanes) is 18. The van der Waals surface area contributed by atoms with Gasteiger partial charge in [0.05, 0.1) is 27.7 Å². The van der Waals surface area contributed by atoms with Crippen molar-refractivity contribution in [2.24, 2.45) is 0 Å². The van der Waals surface area contributed by atoms with E-state index in [1.54, 1.807) is 0 Å². The highest BCUT2D eigenvalue weighted by molar-refractivity contribution is 7.45. The van der Waals surface area contributed by atoms with Crippen molar-refractivity contribution in [1.29, 1.82) is 0 Å². The number of carbonyl (C=O) groups excluding carboxylic acids is 2. The summed E-state index contributed by atoms with van der Waals surface area (Å²) < 4.78 is 34.3. The fourth-order valence-corrected chi connectivity index (χ4v) is 10.4. The highest BCUT2D eigenvalue weighted by Gasteiger charge is 2.22. The molecule has 10 heteroatoms. The van der Waals surface area contributed by atoms with Crippen molar-refractivity contribution in [2.75, 3.05) is 47.5 Å². The number of esters is 2. The number of phosphoric ester groups is 1. The Morgan fingerprint density at radius 1 is 0.316 bits per heavy atom. The molecule has 0 bridgehead atoms. The maximum Gasteiger partial charge on any atom is 0.306 e. The van der Waals surface area contributed by atoms with Crippen molar-refractivity contribution in [2.45, 2.75) is 277 Å². The minimum atomic E-state index is -4.67. The number of phosphoric acid groups is 1. The minimum Gasteiger partial charge on any atom is -0.756 e. The van der Waals surface area contributed by atoms with Crippen LogP contribution in [0.1, 0.15) is 271 Å². The van der Waals surface area contributed by atoms with E-state index in [1.165, 1.54) is 51.4 Å². The van der Waals surface area contributed by atoms with E-state index in [-0.39, 0.29) is 26.1 Å². The van der Waals surface area contributed by atoms with Crippen LogP contribution < -0.4 is 4.89 Å². The molecule has 0 rings (SSSR count). The molecule has 0 aromatic rings. The Kier molecular flexibility index (Phi) is 71.2. The summed E-state index contributed by atoms with van der Waals surface area (Å²) in [4.78, 5) is 38.2. The van der Waals surface area contributed by atoms with Crippen LogP contribution >= 0.6 is 7.82 Å². The van der Waals surface area contributed by atoms with Crippen molar-refractivity contribution < 1.29 is 42.1 Å². The molecular formula is C88H140NO8P. The van der Waals surface area contributed by atoms with E-state index in [2.05, 4.69) is 233 Å². The van der Waals surface area contributed by atoms with Gasteiger partial charge in [-0.3, -0.25) is 14.2 Å². The van der Waals surface area contributed by atoms with E-state index in [0.29, 0.717) is 23.9 Å². The average Bonchev–Trinajstić information content (AvgIpc) is 1.08. The highest BCUT2D eigenvalue weighted by atomic mass is 31.2. The van der Waals surface area contributed by atoms with E-state index in [1.807, 2.05) is 21.1 Å². The molecule has 550 valence electrons. The summed E-state index contributed by atoms with van der Waals surface area (Å²) in [6, 6.07) is 0. The molecule has 0 aromatic heterocycles. The third-order valence-electron chi connectivity index (χ3n) is 15.5. The van der Waals surface area contributed by atoms with E-state index < -0.39 is 32.5 Å². The van der Waals surface area contributed by atoms with Crippen LogP contribution in [0.15, 0.2) is 219 Å². The van der Waals surface area contributed by atoms with Gasteiger partial charge in [0, 0.05) is 12.8 Å². The first-order valence-corrected chi connectivity index (χ1v) is 39.9. The van der Waals surface area contributed by atoms with Gasteiger partial charge in [-0.05, 0) is 154 Å². The second-order valence-electron chi connectivity index (χ2n) is 25.9. The quantitative estimate of drug-likeness (QED) is 0.0195. The van der Waals surface area contributed by atoms with Crippen molar-refractivity contribution in [3.05, 3.63) is 219 Å². The van der Waals surface area contributed by atoms with Gasteiger partial charge in [0.2, 0.25) is 0 Å². The van der Waals surface area contributed by atoms with Crippen LogP contribution in [0, 0.1) is 0 Å². The van der Waals surface area contributed by atoms with Crippen LogP contribution in [0.4, 0.5) is 0 Å². The number of ether oxygens (including phenoxy) is 2. The molecule has 0 aromatic carbocycles. The number of carbonyl (C=O) groups is 2. The zero-order valence-electron chi connectivity index (χ0n) is 62.6. The molecule has 0 radical (unpaired) electrons. The number of allylic oxidation sites excluding steroid dienone is 36. The second kappa shape index (κ2) is 75.5. The number of quaternary nitrogens is 1. The summed E-state index contributed by atoms with van der Waals surface area (Å²) in [7, 11) is 1.13. The molecule has 2 unspecified atom stereocenters. The predicted molar refractivity (Wildman–Crippen MR) is 424 cm³/mol. The van der Waals surface area contributed by atoms with Crippen molar-refractivity contribution in [3.63, 3.8) is 0 Å². The van der Waals surface area contributed by atoms with E-state index >= 15 is 0 Å². The summed E-state index contributed by atoms with van der Waals surface area (Å²) in [5.41, 5.74) is 0. The zero-order chi connectivity index (χ0) is 71.1. The SMILES string of the molecule is CC/C=C\C/C=C\C/C=C\C/C=C\C/C=C\C/C=C\C/C=C\C/C=C\C/C=C\C/C=C\CCCCCCCCC(=O)OC(COC(=O)CCCCCCCCCCCCCC/C=C\C/C=C\C/C=C\C/C=C\C/C=C\C/C=C\C/C=C\C/C=C\CC)COP(=O)([O-])OCC[N+](C)(C)C. The standard InChI is InChI=1S/C88H140NO8P/c1-6-8-10-12-14-16-18-20-22-24-26-28-30-32-34-36-38-40-42-44-46-48-50-52-54-56-58-60-62-64-66-68-70-72-74-76-78-80-87(90)94-84-86(85-96-98(92,93)95-83-82-89(3,4)5)97-88(91)81-79-77-75-73-71-69-67-65-63-61-59-57-55-53-51-49-47-45-43-41-39-37-35-33-31-29-27-25-23-21-19-17-15-13-11-9-7-2/h8-11,14-17,20-23,26-29,32-35,38-41,44-47,50-53,57,59,63,65,86H,6-7,12-13,18-19,24-25,30-31,36-37,42-43,48-49,54-56,58,60-62,64,66-85H2,1-5H3/b10-8-,11-9-,16-14-,17-15-,22-20-,23-21-,28-26-,29-27-,34-32-,35-33-,40-38-,41-39-,46-44-,47-45-,52-50-,53-51-,59-57-,65-63-. The Morgan fingerprint density at radius 2 is 0.551 bits per heavy atom. The molecular weight excluding hydrogens is 1230 g/mol. The van der Waals surface area contributed by atoms with Gasteiger partial charge in [-0.1, -0.05) is 322 Å². The van der Waals surface area contributed by atoms with Crippen LogP contribution in [0.3, 0.4) is 0 Å². The molecule has 0 aliphatic heterocycles. The third kappa shape index (κ3) is 79.3. The monoisotopic (exact) mass is 1370 g/mol.